The van der Waals surface area contributed by atoms with Crippen molar-refractivity contribution in [2.75, 3.05) is 20.1 Å². The minimum absolute atomic E-state index is 0.151. The van der Waals surface area contributed by atoms with Crippen molar-refractivity contribution in [2.24, 2.45) is 5.41 Å². The minimum Gasteiger partial charge on any atom is -0.408 e. The molecule has 150 valence electrons. The third-order valence-electron chi connectivity index (χ3n) is 4.96. The van der Waals surface area contributed by atoms with Gasteiger partial charge in [-0.05, 0) is 43.6 Å². The standard InChI is InChI=1S/C20H36Cl2N2OSi/c1-9-26(10-2,11-3)25-17(13-24(8)14-20(5,6)7)18-16(21)12-15(4)23-19(18)22/h12,17H,9-11,13-14H2,1-8H3. The lowest BCUT2D eigenvalue weighted by atomic mass is 9.96. The van der Waals surface area contributed by atoms with Gasteiger partial charge in [0, 0.05) is 24.3 Å². The molecule has 6 heteroatoms. The lowest BCUT2D eigenvalue weighted by Crippen LogP contribution is -2.41. The van der Waals surface area contributed by atoms with Gasteiger partial charge in [0.15, 0.2) is 8.32 Å². The molecule has 1 rings (SSSR count). The summed E-state index contributed by atoms with van der Waals surface area (Å²) in [6.07, 6.45) is -0.151. The van der Waals surface area contributed by atoms with Crippen LogP contribution in [-0.4, -0.2) is 38.3 Å². The van der Waals surface area contributed by atoms with Gasteiger partial charge in [-0.3, -0.25) is 0 Å². The highest BCUT2D eigenvalue weighted by atomic mass is 35.5. The van der Waals surface area contributed by atoms with E-state index in [-0.39, 0.29) is 11.5 Å². The maximum absolute atomic E-state index is 6.85. The summed E-state index contributed by atoms with van der Waals surface area (Å²) in [6.45, 7) is 17.1. The summed E-state index contributed by atoms with van der Waals surface area (Å²) >= 11 is 13.1. The molecule has 0 spiro atoms. The molecule has 0 saturated heterocycles. The molecule has 0 bridgehead atoms. The Kier molecular flexibility index (Phi) is 9.08. The molecule has 3 nitrogen and oxygen atoms in total. The number of aromatic nitrogens is 1. The van der Waals surface area contributed by atoms with Gasteiger partial charge in [0.25, 0.3) is 0 Å². The second kappa shape index (κ2) is 9.88. The van der Waals surface area contributed by atoms with Crippen molar-refractivity contribution in [3.05, 3.63) is 27.5 Å². The molecule has 1 atom stereocenters. The van der Waals surface area contributed by atoms with Crippen molar-refractivity contribution < 1.29 is 4.43 Å². The first-order valence-electron chi connectivity index (χ1n) is 9.65. The van der Waals surface area contributed by atoms with Crippen molar-refractivity contribution in [1.82, 2.24) is 9.88 Å². The lowest BCUT2D eigenvalue weighted by molar-refractivity contribution is 0.117. The van der Waals surface area contributed by atoms with Crippen LogP contribution in [0.5, 0.6) is 0 Å². The average Bonchev–Trinajstić information content (AvgIpc) is 2.49. The van der Waals surface area contributed by atoms with Crippen LogP contribution in [0, 0.1) is 12.3 Å². The summed E-state index contributed by atoms with van der Waals surface area (Å²) in [5, 5.41) is 1.12. The van der Waals surface area contributed by atoms with E-state index < -0.39 is 8.32 Å². The molecule has 1 aromatic heterocycles. The van der Waals surface area contributed by atoms with Gasteiger partial charge < -0.3 is 9.33 Å². The van der Waals surface area contributed by atoms with E-state index in [1.54, 1.807) is 0 Å². The molecular weight excluding hydrogens is 383 g/mol. The van der Waals surface area contributed by atoms with Crippen LogP contribution in [0.4, 0.5) is 0 Å². The monoisotopic (exact) mass is 418 g/mol. The normalized spacial score (nSPS) is 14.1. The fourth-order valence-corrected chi connectivity index (χ4v) is 7.11. The first-order valence-corrected chi connectivity index (χ1v) is 12.9. The molecule has 1 aromatic rings. The Hall–Kier alpha value is -0.133. The largest absolute Gasteiger partial charge is 0.408 e. The summed E-state index contributed by atoms with van der Waals surface area (Å²) in [5.74, 6) is 0. The molecule has 0 aliphatic carbocycles. The van der Waals surface area contributed by atoms with Gasteiger partial charge >= 0.3 is 0 Å². The van der Waals surface area contributed by atoms with Crippen molar-refractivity contribution in [1.29, 1.82) is 0 Å². The second-order valence-corrected chi connectivity index (χ2v) is 14.0. The van der Waals surface area contributed by atoms with Gasteiger partial charge in [-0.15, -0.1) is 0 Å². The van der Waals surface area contributed by atoms with E-state index in [0.717, 1.165) is 42.5 Å². The highest BCUT2D eigenvalue weighted by Crippen LogP contribution is 2.37. The molecule has 0 aliphatic heterocycles. The molecule has 26 heavy (non-hydrogen) atoms. The number of hydrogen-bond donors (Lipinski definition) is 0. The predicted octanol–water partition coefficient (Wildman–Crippen LogP) is 6.74. The van der Waals surface area contributed by atoms with Crippen molar-refractivity contribution in [2.45, 2.75) is 72.7 Å². The zero-order chi connectivity index (χ0) is 20.1. The Bertz CT molecular complexity index is 554. The quantitative estimate of drug-likeness (QED) is 0.327. The fourth-order valence-electron chi connectivity index (χ4n) is 3.54. The number of nitrogens with zero attached hydrogens (tertiary/aromatic N) is 2. The maximum atomic E-state index is 6.85. The predicted molar refractivity (Wildman–Crippen MR) is 117 cm³/mol. The van der Waals surface area contributed by atoms with Gasteiger partial charge in [-0.2, -0.15) is 0 Å². The summed E-state index contributed by atoms with van der Waals surface area (Å²) < 4.78 is 6.85. The number of rotatable bonds is 9. The molecule has 0 saturated carbocycles. The van der Waals surface area contributed by atoms with Gasteiger partial charge in [-0.1, -0.05) is 64.7 Å². The zero-order valence-corrected chi connectivity index (χ0v) is 20.3. The van der Waals surface area contributed by atoms with Crippen LogP contribution in [0.2, 0.25) is 28.3 Å². The molecule has 0 amide bonds. The van der Waals surface area contributed by atoms with Crippen LogP contribution in [0.1, 0.15) is 58.9 Å². The van der Waals surface area contributed by atoms with Crippen molar-refractivity contribution >= 4 is 31.5 Å². The highest BCUT2D eigenvalue weighted by Gasteiger charge is 2.35. The van der Waals surface area contributed by atoms with E-state index in [4.69, 9.17) is 27.6 Å². The molecule has 0 radical (unpaired) electrons. The van der Waals surface area contributed by atoms with E-state index in [0.29, 0.717) is 10.2 Å². The van der Waals surface area contributed by atoms with Crippen LogP contribution in [0.15, 0.2) is 6.07 Å². The smallest absolute Gasteiger partial charge is 0.192 e. The number of likely N-dealkylation sites (N-methyl/N-ethyl adjacent to an activating group) is 1. The van der Waals surface area contributed by atoms with E-state index in [2.05, 4.69) is 58.5 Å². The minimum atomic E-state index is -1.82. The third-order valence-corrected chi connectivity index (χ3v) is 10.2. The Morgan fingerprint density at radius 2 is 1.69 bits per heavy atom. The molecule has 1 unspecified atom stereocenters. The molecule has 0 fully saturated rings. The fraction of sp³-hybridized carbons (Fsp3) is 0.750. The van der Waals surface area contributed by atoms with E-state index in [9.17, 15) is 0 Å². The Balaban J connectivity index is 3.26. The first-order chi connectivity index (χ1) is 12.0. The van der Waals surface area contributed by atoms with Gasteiger partial charge in [0.1, 0.15) is 5.15 Å². The number of halogens is 2. The summed E-state index contributed by atoms with van der Waals surface area (Å²) in [6, 6.07) is 5.16. The average molecular weight is 420 g/mol. The molecule has 0 N–H and O–H groups in total. The van der Waals surface area contributed by atoms with Crippen LogP contribution >= 0.6 is 23.2 Å². The van der Waals surface area contributed by atoms with Crippen LogP contribution in [0.25, 0.3) is 0 Å². The second-order valence-electron chi connectivity index (χ2n) is 8.56. The Morgan fingerprint density at radius 3 is 2.12 bits per heavy atom. The van der Waals surface area contributed by atoms with E-state index in [1.165, 1.54) is 0 Å². The van der Waals surface area contributed by atoms with Crippen LogP contribution in [0.3, 0.4) is 0 Å². The topological polar surface area (TPSA) is 25.4 Å². The Morgan fingerprint density at radius 1 is 1.15 bits per heavy atom. The summed E-state index contributed by atoms with van der Waals surface area (Å²) in [4.78, 5) is 6.76. The molecule has 0 aromatic carbocycles. The number of pyridine rings is 1. The zero-order valence-electron chi connectivity index (χ0n) is 17.7. The third kappa shape index (κ3) is 6.79. The van der Waals surface area contributed by atoms with Crippen LogP contribution in [-0.2, 0) is 4.43 Å². The maximum Gasteiger partial charge on any atom is 0.192 e. The molecule has 1 heterocycles. The highest BCUT2D eigenvalue weighted by molar-refractivity contribution is 6.73. The van der Waals surface area contributed by atoms with Gasteiger partial charge in [-0.25, -0.2) is 4.98 Å². The van der Waals surface area contributed by atoms with Gasteiger partial charge in [0.05, 0.1) is 11.1 Å². The van der Waals surface area contributed by atoms with E-state index in [1.807, 2.05) is 13.0 Å². The molecule has 0 aliphatic rings. The van der Waals surface area contributed by atoms with E-state index >= 15 is 0 Å². The lowest BCUT2D eigenvalue weighted by Gasteiger charge is -2.37. The first kappa shape index (κ1) is 23.9. The van der Waals surface area contributed by atoms with Gasteiger partial charge in [0.2, 0.25) is 0 Å². The SMILES string of the molecule is CC[Si](CC)(CC)OC(CN(C)CC(C)(C)C)c1c(Cl)cc(C)nc1Cl. The number of aryl methyl sites for hydroxylation is 1. The summed E-state index contributed by atoms with van der Waals surface area (Å²) in [5.41, 5.74) is 1.88. The molecular formula is C20H36Cl2N2OSi. The summed E-state index contributed by atoms with van der Waals surface area (Å²) in [7, 11) is 0.317. The van der Waals surface area contributed by atoms with Crippen LogP contribution < -0.4 is 0 Å². The van der Waals surface area contributed by atoms with Crippen molar-refractivity contribution in [3.8, 4) is 0 Å². The Labute approximate surface area is 171 Å². The number of hydrogen-bond acceptors (Lipinski definition) is 3. The van der Waals surface area contributed by atoms with Crippen molar-refractivity contribution in [3.63, 3.8) is 0 Å².